The zero-order valence-corrected chi connectivity index (χ0v) is 14.3. The first-order chi connectivity index (χ1) is 10.8. The van der Waals surface area contributed by atoms with Crippen LogP contribution in [0.3, 0.4) is 0 Å². The summed E-state index contributed by atoms with van der Waals surface area (Å²) < 4.78 is 8.59. The predicted octanol–water partition coefficient (Wildman–Crippen LogP) is 4.12. The number of aromatic nitrogens is 3. The highest BCUT2D eigenvalue weighted by Crippen LogP contribution is 2.34. The molecule has 0 amide bonds. The van der Waals surface area contributed by atoms with Crippen molar-refractivity contribution in [2.45, 2.75) is 57.6 Å². The summed E-state index contributed by atoms with van der Waals surface area (Å²) in [6.07, 6.45) is 8.96. The van der Waals surface area contributed by atoms with Gasteiger partial charge in [0.1, 0.15) is 0 Å². The van der Waals surface area contributed by atoms with Crippen LogP contribution in [0.4, 0.5) is 0 Å². The Balaban J connectivity index is 1.66. The van der Waals surface area contributed by atoms with Gasteiger partial charge in [0.2, 0.25) is 0 Å². The van der Waals surface area contributed by atoms with E-state index in [4.69, 9.17) is 17.0 Å². The van der Waals surface area contributed by atoms with E-state index in [2.05, 4.69) is 20.8 Å². The molecule has 6 heteroatoms. The summed E-state index contributed by atoms with van der Waals surface area (Å²) in [5.74, 6) is 0.985. The third-order valence-corrected chi connectivity index (χ3v) is 6.18. The van der Waals surface area contributed by atoms with Gasteiger partial charge >= 0.3 is 0 Å². The Kier molecular flexibility index (Phi) is 4.15. The molecule has 2 aromatic rings. The topological polar surface area (TPSA) is 42.8 Å². The van der Waals surface area contributed by atoms with Gasteiger partial charge in [-0.2, -0.15) is 5.10 Å². The van der Waals surface area contributed by atoms with E-state index in [-0.39, 0.29) is 6.10 Å². The monoisotopic (exact) mass is 335 g/mol. The molecular formula is C16H21N3OS2. The normalized spacial score (nSPS) is 21.7. The minimum absolute atomic E-state index is 0.279. The Morgan fingerprint density at radius 3 is 3.09 bits per heavy atom. The van der Waals surface area contributed by atoms with Crippen LogP contribution in [-0.2, 0) is 24.1 Å². The Morgan fingerprint density at radius 2 is 2.23 bits per heavy atom. The smallest absolute Gasteiger partial charge is 0.195 e. The van der Waals surface area contributed by atoms with E-state index in [1.54, 1.807) is 4.88 Å². The Hall–Kier alpha value is -0.980. The second-order valence-electron chi connectivity index (χ2n) is 6.22. The molecule has 1 aliphatic heterocycles. The maximum absolute atomic E-state index is 5.76. The zero-order chi connectivity index (χ0) is 14.9. The number of ether oxygens (including phenoxy) is 1. The van der Waals surface area contributed by atoms with Crippen molar-refractivity contribution in [2.24, 2.45) is 0 Å². The lowest BCUT2D eigenvalue weighted by Gasteiger charge is -2.11. The van der Waals surface area contributed by atoms with Crippen molar-refractivity contribution in [1.29, 1.82) is 0 Å². The highest BCUT2D eigenvalue weighted by atomic mass is 32.1. The molecule has 2 aliphatic rings. The highest BCUT2D eigenvalue weighted by molar-refractivity contribution is 7.71. The maximum Gasteiger partial charge on any atom is 0.195 e. The van der Waals surface area contributed by atoms with Crippen LogP contribution in [0.1, 0.15) is 42.5 Å². The average molecular weight is 335 g/mol. The van der Waals surface area contributed by atoms with E-state index in [0.29, 0.717) is 4.77 Å². The summed E-state index contributed by atoms with van der Waals surface area (Å²) in [5, 5.41) is 7.46. The van der Waals surface area contributed by atoms with Crippen molar-refractivity contribution in [2.75, 3.05) is 6.61 Å². The Bertz CT molecular complexity index is 686. The van der Waals surface area contributed by atoms with Gasteiger partial charge < -0.3 is 4.74 Å². The van der Waals surface area contributed by atoms with Gasteiger partial charge in [0.05, 0.1) is 17.5 Å². The van der Waals surface area contributed by atoms with Gasteiger partial charge in [-0.3, -0.25) is 9.67 Å². The standard InChI is InChI=1S/C16H21N3OS2/c21-16-18-17-15(19(16)10-12-6-4-8-20-12)14-9-11-5-2-1-3-7-13(11)22-14/h9,12H,1-8,10H2,(H,18,21)/t12-/m1/s1. The molecule has 118 valence electrons. The van der Waals surface area contributed by atoms with Crippen LogP contribution in [0.5, 0.6) is 0 Å². The summed E-state index contributed by atoms with van der Waals surface area (Å²) in [4.78, 5) is 2.79. The third-order valence-electron chi connectivity index (χ3n) is 4.64. The van der Waals surface area contributed by atoms with Crippen LogP contribution < -0.4 is 0 Å². The minimum atomic E-state index is 0.279. The molecule has 0 spiro atoms. The molecule has 1 aliphatic carbocycles. The molecular weight excluding hydrogens is 314 g/mol. The van der Waals surface area contributed by atoms with E-state index < -0.39 is 0 Å². The largest absolute Gasteiger partial charge is 0.376 e. The lowest BCUT2D eigenvalue weighted by Crippen LogP contribution is -2.15. The van der Waals surface area contributed by atoms with Crippen LogP contribution in [0, 0.1) is 4.77 Å². The van der Waals surface area contributed by atoms with Crippen molar-refractivity contribution in [3.05, 3.63) is 21.3 Å². The van der Waals surface area contributed by atoms with Crippen LogP contribution in [0.15, 0.2) is 6.07 Å². The molecule has 1 saturated heterocycles. The summed E-state index contributed by atoms with van der Waals surface area (Å²) in [5.41, 5.74) is 1.52. The second kappa shape index (κ2) is 6.26. The Morgan fingerprint density at radius 1 is 1.32 bits per heavy atom. The molecule has 0 saturated carbocycles. The van der Waals surface area contributed by atoms with E-state index >= 15 is 0 Å². The summed E-state index contributed by atoms with van der Waals surface area (Å²) in [7, 11) is 0. The first kappa shape index (κ1) is 14.6. The van der Waals surface area contributed by atoms with Crippen LogP contribution >= 0.6 is 23.6 Å². The number of aromatic amines is 1. The average Bonchev–Trinajstić information content (AvgIpc) is 3.20. The third kappa shape index (κ3) is 2.79. The molecule has 4 rings (SSSR count). The molecule has 22 heavy (non-hydrogen) atoms. The van der Waals surface area contributed by atoms with Crippen molar-refractivity contribution < 1.29 is 4.74 Å². The molecule has 0 radical (unpaired) electrons. The fourth-order valence-corrected chi connectivity index (χ4v) is 4.90. The summed E-state index contributed by atoms with van der Waals surface area (Å²) in [6.45, 7) is 1.69. The van der Waals surface area contributed by atoms with Crippen molar-refractivity contribution in [3.63, 3.8) is 0 Å². The molecule has 0 unspecified atom stereocenters. The fraction of sp³-hybridized carbons (Fsp3) is 0.625. The minimum Gasteiger partial charge on any atom is -0.376 e. The van der Waals surface area contributed by atoms with Crippen molar-refractivity contribution in [3.8, 4) is 10.7 Å². The van der Waals surface area contributed by atoms with Gasteiger partial charge in [0.15, 0.2) is 10.6 Å². The molecule has 3 heterocycles. The van der Waals surface area contributed by atoms with Crippen LogP contribution in [0.25, 0.3) is 10.7 Å². The fourth-order valence-electron chi connectivity index (χ4n) is 3.44. The first-order valence-electron chi connectivity index (χ1n) is 8.20. The van der Waals surface area contributed by atoms with E-state index in [1.165, 1.54) is 42.5 Å². The zero-order valence-electron chi connectivity index (χ0n) is 12.6. The van der Waals surface area contributed by atoms with Gasteiger partial charge in [-0.05, 0) is 62.4 Å². The number of aryl methyl sites for hydroxylation is 2. The summed E-state index contributed by atoms with van der Waals surface area (Å²) in [6, 6.07) is 2.34. The first-order valence-corrected chi connectivity index (χ1v) is 9.42. The van der Waals surface area contributed by atoms with E-state index in [1.807, 2.05) is 11.3 Å². The number of nitrogens with one attached hydrogen (secondary N) is 1. The highest BCUT2D eigenvalue weighted by Gasteiger charge is 2.21. The number of thiophene rings is 1. The van der Waals surface area contributed by atoms with E-state index in [0.717, 1.165) is 31.8 Å². The molecule has 1 fully saturated rings. The van der Waals surface area contributed by atoms with Gasteiger partial charge in [0.25, 0.3) is 0 Å². The van der Waals surface area contributed by atoms with Crippen molar-refractivity contribution >= 4 is 23.6 Å². The lowest BCUT2D eigenvalue weighted by atomic mass is 10.1. The van der Waals surface area contributed by atoms with Gasteiger partial charge in [0, 0.05) is 11.5 Å². The molecule has 0 aromatic carbocycles. The number of fused-ring (bicyclic) bond motifs is 1. The van der Waals surface area contributed by atoms with Gasteiger partial charge in [-0.1, -0.05) is 6.42 Å². The molecule has 4 nitrogen and oxygen atoms in total. The van der Waals surface area contributed by atoms with Gasteiger partial charge in [-0.25, -0.2) is 0 Å². The van der Waals surface area contributed by atoms with Gasteiger partial charge in [-0.15, -0.1) is 11.3 Å². The molecule has 1 N–H and O–H groups in total. The maximum atomic E-state index is 5.76. The lowest BCUT2D eigenvalue weighted by molar-refractivity contribution is 0.0970. The second-order valence-corrected chi connectivity index (χ2v) is 7.74. The van der Waals surface area contributed by atoms with E-state index in [9.17, 15) is 0 Å². The Labute approximate surface area is 139 Å². The molecule has 2 aromatic heterocycles. The number of H-pyrrole nitrogens is 1. The van der Waals surface area contributed by atoms with Crippen LogP contribution in [0.2, 0.25) is 0 Å². The molecule has 1 atom stereocenters. The molecule has 0 bridgehead atoms. The number of nitrogens with zero attached hydrogens (tertiary/aromatic N) is 2. The van der Waals surface area contributed by atoms with Crippen molar-refractivity contribution in [1.82, 2.24) is 14.8 Å². The number of hydrogen-bond donors (Lipinski definition) is 1. The number of rotatable bonds is 3. The quantitative estimate of drug-likeness (QED) is 0.678. The predicted molar refractivity (Wildman–Crippen MR) is 91.0 cm³/mol. The summed E-state index contributed by atoms with van der Waals surface area (Å²) >= 11 is 7.33. The van der Waals surface area contributed by atoms with Crippen LogP contribution in [-0.4, -0.2) is 27.5 Å². The SMILES string of the molecule is S=c1[nH]nc(-c2cc3c(s2)CCCCC3)n1C[C@H]1CCCO1. The number of hydrogen-bond acceptors (Lipinski definition) is 4.